The first-order valence-corrected chi connectivity index (χ1v) is 6.38. The Balaban J connectivity index is 2.59. The van der Waals surface area contributed by atoms with Crippen LogP contribution in [-0.4, -0.2) is 19.6 Å². The minimum absolute atomic E-state index is 0.447. The van der Waals surface area contributed by atoms with E-state index in [-0.39, 0.29) is 0 Å². The van der Waals surface area contributed by atoms with Crippen LogP contribution in [0.2, 0.25) is 5.02 Å². The van der Waals surface area contributed by atoms with Crippen molar-refractivity contribution in [3.8, 4) is 0 Å². The smallest absolute Gasteiger partial charge is 0.0491 e. The third kappa shape index (κ3) is 4.32. The van der Waals surface area contributed by atoms with Crippen LogP contribution in [0.1, 0.15) is 12.5 Å². The van der Waals surface area contributed by atoms with Gasteiger partial charge >= 0.3 is 0 Å². The minimum atomic E-state index is 0.447. The second-order valence-corrected chi connectivity index (χ2v) is 4.92. The molecule has 2 atom stereocenters. The Morgan fingerprint density at radius 2 is 1.88 bits per heavy atom. The van der Waals surface area contributed by atoms with E-state index in [1.165, 1.54) is 5.56 Å². The van der Waals surface area contributed by atoms with Gasteiger partial charge in [-0.05, 0) is 36.0 Å². The fraction of sp³-hybridized carbons (Fsp3) is 0.538. The Kier molecular flexibility index (Phi) is 6.18. The van der Waals surface area contributed by atoms with Crippen molar-refractivity contribution < 1.29 is 4.74 Å². The molecule has 0 aliphatic carbocycles. The molecule has 16 heavy (non-hydrogen) atoms. The van der Waals surface area contributed by atoms with E-state index < -0.39 is 0 Å². The number of halogens is 2. The van der Waals surface area contributed by atoms with Crippen LogP contribution in [-0.2, 0) is 11.2 Å². The van der Waals surface area contributed by atoms with Crippen molar-refractivity contribution in [3.63, 3.8) is 0 Å². The zero-order valence-corrected chi connectivity index (χ0v) is 11.3. The van der Waals surface area contributed by atoms with Crippen molar-refractivity contribution in [1.82, 2.24) is 0 Å². The van der Waals surface area contributed by atoms with Crippen molar-refractivity contribution in [2.45, 2.75) is 13.3 Å². The number of benzene rings is 1. The summed E-state index contributed by atoms with van der Waals surface area (Å²) in [5, 5.41) is 0.774. The lowest BCUT2D eigenvalue weighted by atomic mass is 9.90. The molecule has 1 aromatic carbocycles. The van der Waals surface area contributed by atoms with Gasteiger partial charge in [0.15, 0.2) is 0 Å². The maximum atomic E-state index is 6.00. The van der Waals surface area contributed by atoms with Gasteiger partial charge in [0, 0.05) is 24.6 Å². The summed E-state index contributed by atoms with van der Waals surface area (Å²) >= 11 is 11.8. The van der Waals surface area contributed by atoms with Gasteiger partial charge in [0.05, 0.1) is 0 Å². The number of ether oxygens (including phenoxy) is 1. The molecule has 1 rings (SSSR count). The van der Waals surface area contributed by atoms with E-state index in [0.717, 1.165) is 18.1 Å². The molecular weight excluding hydrogens is 243 g/mol. The van der Waals surface area contributed by atoms with Crippen molar-refractivity contribution in [3.05, 3.63) is 34.9 Å². The van der Waals surface area contributed by atoms with Crippen molar-refractivity contribution in [2.24, 2.45) is 11.8 Å². The van der Waals surface area contributed by atoms with Crippen LogP contribution in [0.15, 0.2) is 24.3 Å². The van der Waals surface area contributed by atoms with E-state index in [1.54, 1.807) is 7.11 Å². The lowest BCUT2D eigenvalue weighted by molar-refractivity contribution is 0.135. The van der Waals surface area contributed by atoms with Gasteiger partial charge in [-0.2, -0.15) is 0 Å². The first kappa shape index (κ1) is 13.8. The summed E-state index contributed by atoms with van der Waals surface area (Å²) < 4.78 is 5.16. The summed E-state index contributed by atoms with van der Waals surface area (Å²) in [4.78, 5) is 0. The first-order valence-electron chi connectivity index (χ1n) is 5.46. The number of hydrogen-bond acceptors (Lipinski definition) is 1. The molecule has 90 valence electrons. The highest BCUT2D eigenvalue weighted by Crippen LogP contribution is 2.20. The normalized spacial score (nSPS) is 14.8. The molecule has 0 N–H and O–H groups in total. The Hall–Kier alpha value is -0.240. The topological polar surface area (TPSA) is 9.23 Å². The Labute approximate surface area is 108 Å². The monoisotopic (exact) mass is 260 g/mol. The van der Waals surface area contributed by atoms with E-state index >= 15 is 0 Å². The van der Waals surface area contributed by atoms with Crippen molar-refractivity contribution >= 4 is 23.2 Å². The lowest BCUT2D eigenvalue weighted by Crippen LogP contribution is -2.20. The molecule has 2 unspecified atom stereocenters. The summed E-state index contributed by atoms with van der Waals surface area (Å²) in [7, 11) is 1.73. The van der Waals surface area contributed by atoms with E-state index in [1.807, 2.05) is 12.1 Å². The number of methoxy groups -OCH3 is 1. The van der Waals surface area contributed by atoms with Crippen LogP contribution in [0.25, 0.3) is 0 Å². The summed E-state index contributed by atoms with van der Waals surface area (Å²) in [6.07, 6.45) is 0.977. The lowest BCUT2D eigenvalue weighted by Gasteiger charge is -2.21. The molecule has 1 nitrogen and oxygen atoms in total. The van der Waals surface area contributed by atoms with Gasteiger partial charge in [0.25, 0.3) is 0 Å². The highest BCUT2D eigenvalue weighted by Gasteiger charge is 2.16. The highest BCUT2D eigenvalue weighted by atomic mass is 35.5. The number of rotatable bonds is 6. The summed E-state index contributed by atoms with van der Waals surface area (Å²) in [5.41, 5.74) is 1.28. The molecular formula is C13H18Cl2O. The third-order valence-electron chi connectivity index (χ3n) is 2.84. The van der Waals surface area contributed by atoms with E-state index in [4.69, 9.17) is 27.9 Å². The minimum Gasteiger partial charge on any atom is -0.384 e. The van der Waals surface area contributed by atoms with E-state index in [9.17, 15) is 0 Å². The second-order valence-electron chi connectivity index (χ2n) is 4.18. The molecule has 0 spiro atoms. The zero-order chi connectivity index (χ0) is 12.0. The Morgan fingerprint density at radius 1 is 1.25 bits per heavy atom. The number of hydrogen-bond donors (Lipinski definition) is 0. The van der Waals surface area contributed by atoms with Crippen LogP contribution < -0.4 is 0 Å². The molecule has 3 heteroatoms. The molecule has 0 aliphatic rings. The molecule has 1 aromatic rings. The molecule has 0 aliphatic heterocycles. The molecule has 0 saturated heterocycles. The fourth-order valence-corrected chi connectivity index (χ4v) is 2.27. The molecule has 0 fully saturated rings. The molecule has 0 heterocycles. The van der Waals surface area contributed by atoms with Gasteiger partial charge < -0.3 is 4.74 Å². The Bertz CT molecular complexity index is 297. The van der Waals surface area contributed by atoms with Crippen molar-refractivity contribution in [2.75, 3.05) is 19.6 Å². The van der Waals surface area contributed by atoms with Gasteiger partial charge in [-0.3, -0.25) is 0 Å². The fourth-order valence-electron chi connectivity index (χ4n) is 1.73. The molecule has 0 amide bonds. The zero-order valence-electron chi connectivity index (χ0n) is 9.75. The standard InChI is InChI=1S/C13H18Cl2O/c1-10(9-16-2)12(8-14)7-11-3-5-13(15)6-4-11/h3-6,10,12H,7-9H2,1-2H3. The van der Waals surface area contributed by atoms with Crippen LogP contribution in [0.5, 0.6) is 0 Å². The molecule has 0 aromatic heterocycles. The first-order chi connectivity index (χ1) is 7.67. The SMILES string of the molecule is COCC(C)C(CCl)Cc1ccc(Cl)cc1. The summed E-state index contributed by atoms with van der Waals surface area (Å²) in [5.74, 6) is 1.58. The average molecular weight is 261 g/mol. The molecule has 0 bridgehead atoms. The van der Waals surface area contributed by atoms with Gasteiger partial charge in [0.2, 0.25) is 0 Å². The quantitative estimate of drug-likeness (QED) is 0.703. The largest absolute Gasteiger partial charge is 0.384 e. The van der Waals surface area contributed by atoms with Crippen LogP contribution in [0.4, 0.5) is 0 Å². The summed E-state index contributed by atoms with van der Waals surface area (Å²) in [6, 6.07) is 7.95. The molecule has 0 radical (unpaired) electrons. The van der Waals surface area contributed by atoms with Crippen LogP contribution in [0.3, 0.4) is 0 Å². The van der Waals surface area contributed by atoms with E-state index in [0.29, 0.717) is 17.7 Å². The van der Waals surface area contributed by atoms with Crippen LogP contribution >= 0.6 is 23.2 Å². The van der Waals surface area contributed by atoms with Crippen LogP contribution in [0, 0.1) is 11.8 Å². The molecule has 0 saturated carbocycles. The van der Waals surface area contributed by atoms with Gasteiger partial charge in [-0.15, -0.1) is 11.6 Å². The van der Waals surface area contributed by atoms with Gasteiger partial charge in [0.1, 0.15) is 0 Å². The Morgan fingerprint density at radius 3 is 2.38 bits per heavy atom. The van der Waals surface area contributed by atoms with Crippen molar-refractivity contribution in [1.29, 1.82) is 0 Å². The highest BCUT2D eigenvalue weighted by molar-refractivity contribution is 6.30. The third-order valence-corrected chi connectivity index (χ3v) is 3.49. The predicted octanol–water partition coefficient (Wildman–Crippen LogP) is 4.02. The number of alkyl halides is 1. The van der Waals surface area contributed by atoms with Gasteiger partial charge in [-0.1, -0.05) is 30.7 Å². The maximum Gasteiger partial charge on any atom is 0.0491 e. The van der Waals surface area contributed by atoms with E-state index in [2.05, 4.69) is 19.1 Å². The summed E-state index contributed by atoms with van der Waals surface area (Å²) in [6.45, 7) is 2.93. The second kappa shape index (κ2) is 7.16. The maximum absolute atomic E-state index is 6.00. The van der Waals surface area contributed by atoms with Gasteiger partial charge in [-0.25, -0.2) is 0 Å². The predicted molar refractivity (Wildman–Crippen MR) is 70.4 cm³/mol. The average Bonchev–Trinajstić information content (AvgIpc) is 2.28.